The summed E-state index contributed by atoms with van der Waals surface area (Å²) in [5.74, 6) is -0.391. The summed E-state index contributed by atoms with van der Waals surface area (Å²) < 4.78 is -4.07. The minimum absolute atomic E-state index is 0.0490. The van der Waals surface area contributed by atoms with E-state index in [0.717, 1.165) is 0 Å². The van der Waals surface area contributed by atoms with E-state index in [1.54, 1.807) is 6.08 Å². The summed E-state index contributed by atoms with van der Waals surface area (Å²) in [5, 5.41) is 30.4. The van der Waals surface area contributed by atoms with Crippen molar-refractivity contribution in [3.63, 3.8) is 0 Å². The van der Waals surface area contributed by atoms with E-state index >= 15 is 0 Å². The normalized spacial score (nSPS) is 27.6. The van der Waals surface area contributed by atoms with Gasteiger partial charge in [-0.05, 0) is 13.3 Å². The zero-order chi connectivity index (χ0) is 15.9. The van der Waals surface area contributed by atoms with E-state index in [2.05, 4.69) is 0 Å². The van der Waals surface area contributed by atoms with Crippen LogP contribution in [0.3, 0.4) is 0 Å². The molecule has 0 aromatic rings. The summed E-state index contributed by atoms with van der Waals surface area (Å²) >= 11 is 33.8. The third kappa shape index (κ3) is 3.82. The molecule has 0 heterocycles. The molecule has 0 radical (unpaired) electrons. The quantitative estimate of drug-likeness (QED) is 0.603. The van der Waals surface area contributed by atoms with Crippen molar-refractivity contribution in [3.05, 3.63) is 23.5 Å². The first-order chi connectivity index (χ1) is 8.82. The molecule has 3 nitrogen and oxygen atoms in total. The Morgan fingerprint density at radius 2 is 1.60 bits per heavy atom. The molecule has 20 heavy (non-hydrogen) atoms. The molecule has 0 spiro atoms. The van der Waals surface area contributed by atoms with E-state index in [4.69, 9.17) is 69.6 Å². The lowest BCUT2D eigenvalue weighted by Gasteiger charge is -2.40. The van der Waals surface area contributed by atoms with Gasteiger partial charge in [0.15, 0.2) is 0 Å². The fraction of sp³-hybridized carbons (Fsp3) is 0.636. The van der Waals surface area contributed by atoms with Crippen LogP contribution in [-0.4, -0.2) is 35.1 Å². The number of aliphatic hydroxyl groups excluding tert-OH is 3. The standard InChI is InChI=1S/C11H12Cl6O3/c1-9(8(20)11(15,16)17)4-2-3-5(6(9)18)7(19)10(12,13)14/h2-3,7-8,18-20H,4H2,1H3. The second-order valence-electron chi connectivity index (χ2n) is 4.72. The first kappa shape index (κ1) is 19.0. The third-order valence-electron chi connectivity index (χ3n) is 3.17. The Balaban J connectivity index is 3.27. The van der Waals surface area contributed by atoms with Crippen molar-refractivity contribution in [1.82, 2.24) is 0 Å². The highest BCUT2D eigenvalue weighted by Gasteiger charge is 2.50. The van der Waals surface area contributed by atoms with Crippen LogP contribution in [0, 0.1) is 5.41 Å². The first-order valence-corrected chi connectivity index (χ1v) is 7.68. The molecule has 0 saturated carbocycles. The van der Waals surface area contributed by atoms with Crippen LogP contribution >= 0.6 is 69.6 Å². The molecule has 0 amide bonds. The molecule has 3 unspecified atom stereocenters. The van der Waals surface area contributed by atoms with Crippen LogP contribution in [0.1, 0.15) is 13.3 Å². The van der Waals surface area contributed by atoms with Gasteiger partial charge in [-0.3, -0.25) is 0 Å². The van der Waals surface area contributed by atoms with E-state index in [1.165, 1.54) is 13.0 Å². The Morgan fingerprint density at radius 1 is 1.10 bits per heavy atom. The molecule has 0 saturated heterocycles. The summed E-state index contributed by atoms with van der Waals surface area (Å²) in [6, 6.07) is 0. The molecular formula is C11H12Cl6O3. The van der Waals surface area contributed by atoms with Gasteiger partial charge >= 0.3 is 0 Å². The van der Waals surface area contributed by atoms with Gasteiger partial charge in [0.25, 0.3) is 0 Å². The van der Waals surface area contributed by atoms with Crippen LogP contribution in [0.15, 0.2) is 23.5 Å². The van der Waals surface area contributed by atoms with Gasteiger partial charge < -0.3 is 15.3 Å². The van der Waals surface area contributed by atoms with E-state index < -0.39 is 31.0 Å². The Kier molecular flexibility index (Phi) is 5.90. The number of hydrogen-bond donors (Lipinski definition) is 3. The molecule has 0 aliphatic heterocycles. The minimum Gasteiger partial charge on any atom is -0.511 e. The van der Waals surface area contributed by atoms with Crippen LogP contribution in [-0.2, 0) is 0 Å². The number of halogens is 6. The van der Waals surface area contributed by atoms with Crippen molar-refractivity contribution in [1.29, 1.82) is 0 Å². The average molecular weight is 405 g/mol. The van der Waals surface area contributed by atoms with Gasteiger partial charge in [-0.15, -0.1) is 0 Å². The predicted octanol–water partition coefficient (Wildman–Crippen LogP) is 4.23. The van der Waals surface area contributed by atoms with Gasteiger partial charge in [-0.1, -0.05) is 81.8 Å². The topological polar surface area (TPSA) is 60.7 Å². The lowest BCUT2D eigenvalue weighted by molar-refractivity contribution is 0.0332. The zero-order valence-electron chi connectivity index (χ0n) is 10.1. The van der Waals surface area contributed by atoms with E-state index in [1.807, 2.05) is 0 Å². The second kappa shape index (κ2) is 6.21. The Morgan fingerprint density at radius 3 is 2.00 bits per heavy atom. The first-order valence-electron chi connectivity index (χ1n) is 5.41. The summed E-state index contributed by atoms with van der Waals surface area (Å²) in [6.45, 7) is 1.48. The molecule has 3 N–H and O–H groups in total. The molecule has 0 aromatic carbocycles. The summed E-state index contributed by atoms with van der Waals surface area (Å²) in [4.78, 5) is 0. The fourth-order valence-corrected chi connectivity index (χ4v) is 3.01. The third-order valence-corrected chi connectivity index (χ3v) is 4.41. The number of hydrogen-bond acceptors (Lipinski definition) is 3. The number of alkyl halides is 6. The predicted molar refractivity (Wildman–Crippen MR) is 84.1 cm³/mol. The maximum absolute atomic E-state index is 10.3. The second-order valence-corrected chi connectivity index (χ2v) is 9.45. The largest absolute Gasteiger partial charge is 0.511 e. The summed E-state index contributed by atoms with van der Waals surface area (Å²) in [5.41, 5.74) is -1.38. The van der Waals surface area contributed by atoms with E-state index in [9.17, 15) is 15.3 Å². The van der Waals surface area contributed by atoms with Crippen LogP contribution < -0.4 is 0 Å². The molecule has 0 aromatic heterocycles. The van der Waals surface area contributed by atoms with Crippen molar-refractivity contribution in [2.45, 2.75) is 33.1 Å². The van der Waals surface area contributed by atoms with E-state index in [0.29, 0.717) is 0 Å². The van der Waals surface area contributed by atoms with Crippen LogP contribution in [0.4, 0.5) is 0 Å². The lowest BCUT2D eigenvalue weighted by Crippen LogP contribution is -2.45. The highest BCUT2D eigenvalue weighted by atomic mass is 35.6. The Bertz CT molecular complexity index is 436. The van der Waals surface area contributed by atoms with Crippen LogP contribution in [0.5, 0.6) is 0 Å². The van der Waals surface area contributed by atoms with Gasteiger partial charge in [-0.2, -0.15) is 0 Å². The fourth-order valence-electron chi connectivity index (χ4n) is 1.94. The Labute approximate surface area is 146 Å². The summed E-state index contributed by atoms with van der Waals surface area (Å²) in [6.07, 6.45) is 0.0426. The molecule has 3 atom stereocenters. The SMILES string of the molecule is CC1(C(O)C(Cl)(Cl)Cl)CC=CC(C(O)C(Cl)(Cl)Cl)=C1O. The van der Waals surface area contributed by atoms with Crippen molar-refractivity contribution in [3.8, 4) is 0 Å². The maximum atomic E-state index is 10.3. The monoisotopic (exact) mass is 402 g/mol. The van der Waals surface area contributed by atoms with E-state index in [-0.39, 0.29) is 12.0 Å². The molecule has 0 bridgehead atoms. The van der Waals surface area contributed by atoms with Gasteiger partial charge in [0.2, 0.25) is 7.59 Å². The minimum atomic E-state index is -2.04. The molecular weight excluding hydrogens is 393 g/mol. The van der Waals surface area contributed by atoms with Crippen LogP contribution in [0.25, 0.3) is 0 Å². The van der Waals surface area contributed by atoms with Crippen molar-refractivity contribution in [2.75, 3.05) is 0 Å². The molecule has 1 rings (SSSR count). The number of rotatable bonds is 2. The highest BCUT2D eigenvalue weighted by molar-refractivity contribution is 6.68. The van der Waals surface area contributed by atoms with Crippen LogP contribution in [0.2, 0.25) is 0 Å². The Hall–Kier alpha value is 0.940. The van der Waals surface area contributed by atoms with Crippen molar-refractivity contribution < 1.29 is 15.3 Å². The van der Waals surface area contributed by atoms with Crippen molar-refractivity contribution in [2.24, 2.45) is 5.41 Å². The van der Waals surface area contributed by atoms with Gasteiger partial charge in [-0.25, -0.2) is 0 Å². The smallest absolute Gasteiger partial charge is 0.220 e. The van der Waals surface area contributed by atoms with Gasteiger partial charge in [0, 0.05) is 5.57 Å². The zero-order valence-corrected chi connectivity index (χ0v) is 14.7. The lowest BCUT2D eigenvalue weighted by atomic mass is 9.74. The molecule has 9 heteroatoms. The summed E-state index contributed by atoms with van der Waals surface area (Å²) in [7, 11) is 0. The molecule has 1 aliphatic rings. The average Bonchev–Trinajstić information content (AvgIpc) is 2.28. The van der Waals surface area contributed by atoms with Gasteiger partial charge in [0.05, 0.1) is 5.41 Å². The molecule has 116 valence electrons. The molecule has 0 fully saturated rings. The van der Waals surface area contributed by atoms with Gasteiger partial charge in [0.1, 0.15) is 18.0 Å². The number of allylic oxidation sites excluding steroid dienone is 1. The van der Waals surface area contributed by atoms with Crippen molar-refractivity contribution >= 4 is 69.6 Å². The maximum Gasteiger partial charge on any atom is 0.220 e. The number of aliphatic hydroxyl groups is 3. The highest BCUT2D eigenvalue weighted by Crippen LogP contribution is 2.49. The molecule has 1 aliphatic carbocycles.